The molecule has 1 amide bonds. The first kappa shape index (κ1) is 13.6. The Balaban J connectivity index is 1.41. The van der Waals surface area contributed by atoms with E-state index in [1.54, 1.807) is 6.20 Å². The number of ether oxygens (including phenoxy) is 1. The minimum Gasteiger partial charge on any atom is -0.368 e. The minimum absolute atomic E-state index is 0.176. The largest absolute Gasteiger partial charge is 0.368 e. The van der Waals surface area contributed by atoms with Crippen LogP contribution in [-0.2, 0) is 16.1 Å². The van der Waals surface area contributed by atoms with Gasteiger partial charge in [-0.15, -0.1) is 0 Å². The fourth-order valence-corrected chi connectivity index (χ4v) is 2.92. The van der Waals surface area contributed by atoms with Gasteiger partial charge in [0.15, 0.2) is 0 Å². The molecule has 2 aliphatic rings. The van der Waals surface area contributed by atoms with Crippen molar-refractivity contribution in [1.82, 2.24) is 20.4 Å². The zero-order chi connectivity index (χ0) is 13.8. The summed E-state index contributed by atoms with van der Waals surface area (Å²) in [6.07, 6.45) is 5.50. The molecular weight excluding hydrogens is 256 g/mol. The number of hydrogen-bond acceptors (Lipinski definition) is 4. The lowest BCUT2D eigenvalue weighted by Crippen LogP contribution is -2.47. The molecule has 2 aliphatic heterocycles. The molecule has 3 rings (SSSR count). The molecule has 1 aromatic heterocycles. The van der Waals surface area contributed by atoms with Gasteiger partial charge in [0.2, 0.25) is 0 Å². The molecule has 1 unspecified atom stereocenters. The van der Waals surface area contributed by atoms with Crippen molar-refractivity contribution in [3.05, 3.63) is 18.0 Å². The van der Waals surface area contributed by atoms with Crippen LogP contribution < -0.4 is 5.32 Å². The van der Waals surface area contributed by atoms with Gasteiger partial charge in [0.05, 0.1) is 0 Å². The second-order valence-corrected chi connectivity index (χ2v) is 5.56. The van der Waals surface area contributed by atoms with Crippen LogP contribution in [0.1, 0.15) is 31.4 Å². The van der Waals surface area contributed by atoms with Crippen molar-refractivity contribution in [1.29, 1.82) is 0 Å². The fourth-order valence-electron chi connectivity index (χ4n) is 2.92. The Morgan fingerprint density at radius 2 is 2.30 bits per heavy atom. The Kier molecular flexibility index (Phi) is 4.32. The minimum atomic E-state index is -0.176. The van der Waals surface area contributed by atoms with Crippen LogP contribution in [0.5, 0.6) is 0 Å². The van der Waals surface area contributed by atoms with E-state index in [4.69, 9.17) is 4.74 Å². The third kappa shape index (κ3) is 3.19. The molecule has 20 heavy (non-hydrogen) atoms. The monoisotopic (exact) mass is 278 g/mol. The first-order chi connectivity index (χ1) is 9.83. The van der Waals surface area contributed by atoms with Crippen molar-refractivity contribution < 1.29 is 9.53 Å². The summed E-state index contributed by atoms with van der Waals surface area (Å²) in [5, 5.41) is 10.4. The van der Waals surface area contributed by atoms with Crippen LogP contribution in [0.4, 0.5) is 0 Å². The number of carbonyl (C=O) groups is 1. The predicted octanol–water partition coefficient (Wildman–Crippen LogP) is 0.669. The van der Waals surface area contributed by atoms with Crippen LogP contribution in [-0.4, -0.2) is 52.8 Å². The maximum Gasteiger partial charge on any atom is 0.251 e. The number of nitrogens with one attached hydrogen (secondary N) is 2. The number of rotatable bonds is 4. The van der Waals surface area contributed by atoms with Crippen LogP contribution in [0.2, 0.25) is 0 Å². The SMILES string of the molecule is O=C(C1CCCO1)N1CCC(NCc2ccn[nH]2)CC1. The number of likely N-dealkylation sites (tertiary alicyclic amines) is 1. The van der Waals surface area contributed by atoms with Crippen molar-refractivity contribution in [2.45, 2.75) is 44.4 Å². The van der Waals surface area contributed by atoms with Gasteiger partial charge in [0.1, 0.15) is 6.10 Å². The van der Waals surface area contributed by atoms with Crippen molar-refractivity contribution in [2.75, 3.05) is 19.7 Å². The predicted molar refractivity (Wildman–Crippen MR) is 74.0 cm³/mol. The molecule has 0 bridgehead atoms. The molecule has 0 aliphatic carbocycles. The standard InChI is InChI=1S/C14H22N4O2/c19-14(13-2-1-9-20-13)18-7-4-11(5-8-18)15-10-12-3-6-16-17-12/h3,6,11,13,15H,1-2,4-5,7-10H2,(H,16,17). The number of amides is 1. The molecular formula is C14H22N4O2. The summed E-state index contributed by atoms with van der Waals surface area (Å²) in [4.78, 5) is 14.2. The van der Waals surface area contributed by atoms with Gasteiger partial charge in [-0.1, -0.05) is 0 Å². The third-order valence-corrected chi connectivity index (χ3v) is 4.15. The normalized spacial score (nSPS) is 24.2. The molecule has 0 radical (unpaired) electrons. The van der Waals surface area contributed by atoms with Gasteiger partial charge >= 0.3 is 0 Å². The van der Waals surface area contributed by atoms with Crippen molar-refractivity contribution in [3.63, 3.8) is 0 Å². The van der Waals surface area contributed by atoms with Gasteiger partial charge in [0, 0.05) is 44.2 Å². The smallest absolute Gasteiger partial charge is 0.251 e. The molecule has 2 N–H and O–H groups in total. The summed E-state index contributed by atoms with van der Waals surface area (Å²) in [5.41, 5.74) is 1.10. The molecule has 0 aromatic carbocycles. The van der Waals surface area contributed by atoms with Gasteiger partial charge in [-0.3, -0.25) is 9.89 Å². The quantitative estimate of drug-likeness (QED) is 0.849. The summed E-state index contributed by atoms with van der Waals surface area (Å²) < 4.78 is 5.47. The third-order valence-electron chi connectivity index (χ3n) is 4.15. The number of piperidine rings is 1. The van der Waals surface area contributed by atoms with E-state index in [0.29, 0.717) is 6.04 Å². The highest BCUT2D eigenvalue weighted by Gasteiger charge is 2.30. The van der Waals surface area contributed by atoms with Gasteiger partial charge in [0.25, 0.3) is 5.91 Å². The molecule has 0 saturated carbocycles. The summed E-state index contributed by atoms with van der Waals surface area (Å²) in [6, 6.07) is 2.45. The summed E-state index contributed by atoms with van der Waals surface area (Å²) in [6.45, 7) is 3.21. The first-order valence-electron chi connectivity index (χ1n) is 7.45. The number of H-pyrrole nitrogens is 1. The molecule has 6 nitrogen and oxygen atoms in total. The van der Waals surface area contributed by atoms with Gasteiger partial charge in [-0.25, -0.2) is 0 Å². The average molecular weight is 278 g/mol. The highest BCUT2D eigenvalue weighted by Crippen LogP contribution is 2.18. The number of aromatic nitrogens is 2. The van der Waals surface area contributed by atoms with Crippen LogP contribution >= 0.6 is 0 Å². The van der Waals surface area contributed by atoms with E-state index < -0.39 is 0 Å². The lowest BCUT2D eigenvalue weighted by Gasteiger charge is -2.33. The highest BCUT2D eigenvalue weighted by atomic mass is 16.5. The first-order valence-corrected chi connectivity index (χ1v) is 7.45. The van der Waals surface area contributed by atoms with E-state index >= 15 is 0 Å². The molecule has 110 valence electrons. The van der Waals surface area contributed by atoms with Gasteiger partial charge in [-0.05, 0) is 31.7 Å². The van der Waals surface area contributed by atoms with E-state index in [1.165, 1.54) is 0 Å². The lowest BCUT2D eigenvalue weighted by atomic mass is 10.0. The van der Waals surface area contributed by atoms with E-state index in [-0.39, 0.29) is 12.0 Å². The number of aromatic amines is 1. The number of carbonyl (C=O) groups excluding carboxylic acids is 1. The van der Waals surface area contributed by atoms with Crippen LogP contribution in [0, 0.1) is 0 Å². The summed E-state index contributed by atoms with van der Waals surface area (Å²) >= 11 is 0. The van der Waals surface area contributed by atoms with Crippen molar-refractivity contribution in [3.8, 4) is 0 Å². The Morgan fingerprint density at radius 1 is 1.45 bits per heavy atom. The molecule has 3 heterocycles. The zero-order valence-corrected chi connectivity index (χ0v) is 11.7. The van der Waals surface area contributed by atoms with E-state index in [0.717, 1.165) is 57.6 Å². The number of hydrogen-bond donors (Lipinski definition) is 2. The summed E-state index contributed by atoms with van der Waals surface area (Å²) in [5.74, 6) is 0.189. The number of nitrogens with zero attached hydrogens (tertiary/aromatic N) is 2. The maximum atomic E-state index is 12.2. The highest BCUT2D eigenvalue weighted by molar-refractivity contribution is 5.81. The lowest BCUT2D eigenvalue weighted by molar-refractivity contribution is -0.142. The Hall–Kier alpha value is -1.40. The summed E-state index contributed by atoms with van der Waals surface area (Å²) in [7, 11) is 0. The molecule has 1 atom stereocenters. The second kappa shape index (κ2) is 6.37. The molecule has 6 heteroatoms. The van der Waals surface area contributed by atoms with Gasteiger partial charge in [-0.2, -0.15) is 5.10 Å². The second-order valence-electron chi connectivity index (χ2n) is 5.56. The average Bonchev–Trinajstić information content (AvgIpc) is 3.18. The molecule has 0 spiro atoms. The molecule has 2 saturated heterocycles. The molecule has 2 fully saturated rings. The Bertz CT molecular complexity index is 420. The zero-order valence-electron chi connectivity index (χ0n) is 11.7. The molecule has 1 aromatic rings. The topological polar surface area (TPSA) is 70.2 Å². The van der Waals surface area contributed by atoms with Crippen LogP contribution in [0.15, 0.2) is 12.3 Å². The Morgan fingerprint density at radius 3 is 2.95 bits per heavy atom. The maximum absolute atomic E-state index is 12.2. The van der Waals surface area contributed by atoms with Crippen molar-refractivity contribution in [2.24, 2.45) is 0 Å². The van der Waals surface area contributed by atoms with Crippen LogP contribution in [0.25, 0.3) is 0 Å². The van der Waals surface area contributed by atoms with Crippen LogP contribution in [0.3, 0.4) is 0 Å². The fraction of sp³-hybridized carbons (Fsp3) is 0.714. The van der Waals surface area contributed by atoms with E-state index in [1.807, 2.05) is 11.0 Å². The van der Waals surface area contributed by atoms with Crippen molar-refractivity contribution >= 4 is 5.91 Å². The van der Waals surface area contributed by atoms with E-state index in [2.05, 4.69) is 15.5 Å². The van der Waals surface area contributed by atoms with E-state index in [9.17, 15) is 4.79 Å². The van der Waals surface area contributed by atoms with Gasteiger partial charge < -0.3 is 15.0 Å². The Labute approximate surface area is 118 Å².